The highest BCUT2D eigenvalue weighted by atomic mass is 79.9. The first kappa shape index (κ1) is 24.7. The van der Waals surface area contributed by atoms with Gasteiger partial charge < -0.3 is 23.6 Å². The van der Waals surface area contributed by atoms with Crippen LogP contribution in [0.25, 0.3) is 11.4 Å². The minimum atomic E-state index is -0.571. The molecule has 3 atom stereocenters. The third-order valence-electron chi connectivity index (χ3n) is 5.90. The molecule has 0 N–H and O–H groups in total. The number of nitrogens with zero attached hydrogens (tertiary/aromatic N) is 3. The maximum atomic E-state index is 14.3. The van der Waals surface area contributed by atoms with Crippen LogP contribution in [0.3, 0.4) is 0 Å². The van der Waals surface area contributed by atoms with E-state index in [0.29, 0.717) is 36.5 Å². The summed E-state index contributed by atoms with van der Waals surface area (Å²) in [5.74, 6) is 0.599. The second kappa shape index (κ2) is 9.65. The van der Waals surface area contributed by atoms with Crippen molar-refractivity contribution in [2.24, 2.45) is 17.8 Å². The number of carbonyl (C=O) groups is 1. The molecule has 2 aliphatic heterocycles. The summed E-state index contributed by atoms with van der Waals surface area (Å²) in [5, 5.41) is 3.90. The highest BCUT2D eigenvalue weighted by Crippen LogP contribution is 2.40. The van der Waals surface area contributed by atoms with E-state index >= 15 is 0 Å². The van der Waals surface area contributed by atoms with Gasteiger partial charge in [-0.3, -0.25) is 0 Å². The van der Waals surface area contributed by atoms with Crippen LogP contribution in [0.5, 0.6) is 0 Å². The smallest absolute Gasteiger partial charge is 0.410 e. The van der Waals surface area contributed by atoms with Gasteiger partial charge in [0, 0.05) is 35.3 Å². The number of hydrogen-bond acceptors (Lipinski definition) is 7. The molecule has 2 saturated heterocycles. The maximum Gasteiger partial charge on any atom is 0.410 e. The number of likely N-dealkylation sites (tertiary alicyclic amines) is 1. The summed E-state index contributed by atoms with van der Waals surface area (Å²) >= 11 is 3.24. The number of rotatable bonds is 5. The lowest BCUT2D eigenvalue weighted by atomic mass is 9.75. The van der Waals surface area contributed by atoms with Crippen molar-refractivity contribution < 1.29 is 27.9 Å². The van der Waals surface area contributed by atoms with Crippen molar-refractivity contribution in [3.63, 3.8) is 0 Å². The fourth-order valence-corrected chi connectivity index (χ4v) is 4.81. The Balaban J connectivity index is 1.42. The zero-order valence-electron chi connectivity index (χ0n) is 19.7. The maximum absolute atomic E-state index is 14.3. The summed E-state index contributed by atoms with van der Waals surface area (Å²) in [5.41, 5.74) is -0.311. The molecule has 4 rings (SSSR count). The van der Waals surface area contributed by atoms with Gasteiger partial charge in [-0.25, -0.2) is 9.18 Å². The van der Waals surface area contributed by atoms with Gasteiger partial charge >= 0.3 is 6.09 Å². The number of fused-ring (bicyclic) bond motifs is 2. The van der Waals surface area contributed by atoms with E-state index in [4.69, 9.17) is 18.7 Å². The summed E-state index contributed by atoms with van der Waals surface area (Å²) in [7, 11) is 0. The average molecular weight is 538 g/mol. The fourth-order valence-electron chi connectivity index (χ4n) is 4.47. The number of carbonyl (C=O) groups excluding carboxylic acids is 1. The molecule has 3 unspecified atom stereocenters. The molecule has 1 aromatic carbocycles. The number of halogens is 2. The van der Waals surface area contributed by atoms with Crippen LogP contribution in [0.1, 0.15) is 39.7 Å². The number of allylic oxidation sites excluding steroid dienone is 1. The van der Waals surface area contributed by atoms with E-state index in [-0.39, 0.29) is 41.1 Å². The Bertz CT molecular complexity index is 1060. The lowest BCUT2D eigenvalue weighted by molar-refractivity contribution is -0.0918. The Morgan fingerprint density at radius 2 is 1.97 bits per heavy atom. The van der Waals surface area contributed by atoms with Crippen LogP contribution in [0, 0.1) is 23.6 Å². The van der Waals surface area contributed by atoms with E-state index < -0.39 is 17.5 Å². The summed E-state index contributed by atoms with van der Waals surface area (Å²) in [6.45, 7) is 13.5. The van der Waals surface area contributed by atoms with Crippen LogP contribution in [0.4, 0.5) is 9.18 Å². The van der Waals surface area contributed by atoms with Crippen LogP contribution < -0.4 is 0 Å². The normalized spacial score (nSPS) is 23.4. The molecular formula is C24H29BrFN3O5. The van der Waals surface area contributed by atoms with E-state index in [0.717, 1.165) is 0 Å². The van der Waals surface area contributed by atoms with Gasteiger partial charge in [-0.1, -0.05) is 27.7 Å². The first-order chi connectivity index (χ1) is 16.0. The quantitative estimate of drug-likeness (QED) is 0.474. The van der Waals surface area contributed by atoms with E-state index in [1.807, 2.05) is 20.8 Å². The first-order valence-electron chi connectivity index (χ1n) is 11.2. The van der Waals surface area contributed by atoms with Crippen molar-refractivity contribution in [1.29, 1.82) is 0 Å². The van der Waals surface area contributed by atoms with E-state index in [1.165, 1.54) is 6.07 Å². The number of aromatic nitrogens is 2. The number of piperidine rings is 1. The third-order valence-corrected chi connectivity index (χ3v) is 6.40. The largest absolute Gasteiger partial charge is 0.486 e. The summed E-state index contributed by atoms with van der Waals surface area (Å²) in [6.07, 6.45) is -0.890. The van der Waals surface area contributed by atoms with Gasteiger partial charge in [0.2, 0.25) is 5.82 Å². The molecule has 0 spiro atoms. The molecule has 2 aromatic rings. The average Bonchev–Trinajstić information content (AvgIpc) is 3.21. The van der Waals surface area contributed by atoms with Crippen molar-refractivity contribution in [1.82, 2.24) is 15.0 Å². The third kappa shape index (κ3) is 5.43. The van der Waals surface area contributed by atoms with Gasteiger partial charge in [0.05, 0.1) is 24.5 Å². The second-order valence-electron chi connectivity index (χ2n) is 9.78. The monoisotopic (exact) mass is 537 g/mol. The Hall–Kier alpha value is -2.46. The highest BCUT2D eigenvalue weighted by Gasteiger charge is 2.45. The number of amides is 1. The zero-order valence-corrected chi connectivity index (χ0v) is 21.3. The van der Waals surface area contributed by atoms with E-state index in [2.05, 4.69) is 32.6 Å². The van der Waals surface area contributed by atoms with Crippen molar-refractivity contribution >= 4 is 22.0 Å². The first-order valence-corrected chi connectivity index (χ1v) is 12.0. The molecule has 0 saturated carbocycles. The van der Waals surface area contributed by atoms with Crippen molar-refractivity contribution in [2.75, 3.05) is 26.3 Å². The molecule has 34 heavy (non-hydrogen) atoms. The van der Waals surface area contributed by atoms with E-state index in [1.54, 1.807) is 24.0 Å². The van der Waals surface area contributed by atoms with Gasteiger partial charge in [0.25, 0.3) is 5.89 Å². The van der Waals surface area contributed by atoms with Crippen molar-refractivity contribution in [2.45, 2.75) is 39.4 Å². The Morgan fingerprint density at radius 3 is 2.59 bits per heavy atom. The summed E-state index contributed by atoms with van der Waals surface area (Å²) in [6, 6.07) is 4.64. The predicted molar refractivity (Wildman–Crippen MR) is 125 cm³/mol. The standard InChI is InChI=1S/C24H29BrFN3O5/c1-13(20-15-9-29(10-16(20)12-31-11-15)23(30)33-24(3,4)5)32-14(2)22-27-21(28-34-22)18-7-6-17(25)8-19(18)26/h6-8,14-16,20H,1,9-12H2,2-5H3. The van der Waals surface area contributed by atoms with Crippen LogP contribution in [0.15, 0.2) is 39.5 Å². The van der Waals surface area contributed by atoms with Crippen LogP contribution in [0.2, 0.25) is 0 Å². The molecule has 10 heteroatoms. The van der Waals surface area contributed by atoms with Gasteiger partial charge in [0.1, 0.15) is 11.4 Å². The minimum Gasteiger partial charge on any atom is -0.486 e. The summed E-state index contributed by atoms with van der Waals surface area (Å²) < 4.78 is 37.6. The number of benzene rings is 1. The Labute approximate surface area is 206 Å². The molecule has 2 fully saturated rings. The minimum absolute atomic E-state index is 0.0150. The molecule has 184 valence electrons. The number of ether oxygens (including phenoxy) is 3. The predicted octanol–water partition coefficient (Wildman–Crippen LogP) is 5.36. The van der Waals surface area contributed by atoms with Gasteiger partial charge in [-0.2, -0.15) is 4.98 Å². The van der Waals surface area contributed by atoms with Gasteiger partial charge in [-0.15, -0.1) is 0 Å². The number of hydrogen-bond donors (Lipinski definition) is 0. The molecule has 1 amide bonds. The van der Waals surface area contributed by atoms with Crippen LogP contribution in [-0.4, -0.2) is 53.0 Å². The molecule has 2 bridgehead atoms. The molecular weight excluding hydrogens is 509 g/mol. The van der Waals surface area contributed by atoms with Crippen LogP contribution >= 0.6 is 15.9 Å². The fraction of sp³-hybridized carbons (Fsp3) is 0.542. The van der Waals surface area contributed by atoms with Gasteiger partial charge in [-0.05, 0) is 45.9 Å². The second-order valence-corrected chi connectivity index (χ2v) is 10.7. The lowest BCUT2D eigenvalue weighted by Gasteiger charge is -2.47. The summed E-state index contributed by atoms with van der Waals surface area (Å²) in [4.78, 5) is 18.7. The SMILES string of the molecule is C=C(OC(C)c1nc(-c2ccc(Br)cc2F)no1)C1C2COCC1CN(C(=O)OC(C)(C)C)C2. The molecule has 8 nitrogen and oxygen atoms in total. The highest BCUT2D eigenvalue weighted by molar-refractivity contribution is 9.10. The van der Waals surface area contributed by atoms with Crippen LogP contribution in [-0.2, 0) is 14.2 Å². The molecule has 0 aliphatic carbocycles. The van der Waals surface area contributed by atoms with Crippen molar-refractivity contribution in [3.8, 4) is 11.4 Å². The lowest BCUT2D eigenvalue weighted by Crippen LogP contribution is -2.55. The Morgan fingerprint density at radius 1 is 1.29 bits per heavy atom. The molecule has 3 heterocycles. The molecule has 1 aromatic heterocycles. The molecule has 2 aliphatic rings. The molecule has 0 radical (unpaired) electrons. The topological polar surface area (TPSA) is 86.9 Å². The van der Waals surface area contributed by atoms with Gasteiger partial charge in [0.15, 0.2) is 6.10 Å². The van der Waals surface area contributed by atoms with E-state index in [9.17, 15) is 9.18 Å². The zero-order chi connectivity index (χ0) is 24.6. The Kier molecular flexibility index (Phi) is 7.00. The van der Waals surface area contributed by atoms with Crippen molar-refractivity contribution in [3.05, 3.63) is 46.7 Å².